The Morgan fingerprint density at radius 2 is 2.07 bits per heavy atom. The summed E-state index contributed by atoms with van der Waals surface area (Å²) in [6.07, 6.45) is 1.63. The molecule has 1 heterocycles. The number of rotatable bonds is 1. The van der Waals surface area contributed by atoms with Gasteiger partial charge in [0.2, 0.25) is 0 Å². The van der Waals surface area contributed by atoms with E-state index in [4.69, 9.17) is 11.5 Å². The topological polar surface area (TPSA) is 85.2 Å². The normalized spacial score (nSPS) is 10.3. The van der Waals surface area contributed by atoms with E-state index in [0.29, 0.717) is 16.4 Å². The maximum absolute atomic E-state index is 9.61. The number of aromatic nitrogens is 1. The monoisotopic (exact) mass is 207 g/mol. The number of nitrogens with two attached hydrogens (primary N) is 2. The van der Waals surface area contributed by atoms with Crippen LogP contribution < -0.4 is 11.5 Å². The highest BCUT2D eigenvalue weighted by Crippen LogP contribution is 2.34. The van der Waals surface area contributed by atoms with Crippen molar-refractivity contribution in [2.75, 3.05) is 11.5 Å². The minimum atomic E-state index is 0.147. The number of benzene rings is 1. The fourth-order valence-corrected chi connectivity index (χ4v) is 1.89. The van der Waals surface area contributed by atoms with Gasteiger partial charge in [0.1, 0.15) is 5.75 Å². The van der Waals surface area contributed by atoms with Crippen molar-refractivity contribution in [2.24, 2.45) is 0 Å². The third-order valence-corrected chi connectivity index (χ3v) is 2.67. The maximum Gasteiger partial charge on any atom is 0.180 e. The summed E-state index contributed by atoms with van der Waals surface area (Å²) in [5.74, 6) is 0.147. The van der Waals surface area contributed by atoms with Crippen LogP contribution in [-0.4, -0.2) is 10.1 Å². The summed E-state index contributed by atoms with van der Waals surface area (Å²) in [4.78, 5) is 4.74. The quantitative estimate of drug-likeness (QED) is 0.621. The Bertz CT molecular complexity index is 467. The summed E-state index contributed by atoms with van der Waals surface area (Å²) in [5.41, 5.74) is 12.2. The predicted molar refractivity (Wildman–Crippen MR) is 58.0 cm³/mol. The first kappa shape index (κ1) is 8.83. The van der Waals surface area contributed by atoms with Crippen molar-refractivity contribution >= 4 is 22.2 Å². The number of hydrogen-bond donors (Lipinski definition) is 3. The van der Waals surface area contributed by atoms with E-state index in [9.17, 15) is 5.11 Å². The summed E-state index contributed by atoms with van der Waals surface area (Å²) >= 11 is 1.33. The lowest BCUT2D eigenvalue weighted by atomic mass is 10.1. The molecule has 0 spiro atoms. The predicted octanol–water partition coefficient (Wildman–Crippen LogP) is 1.68. The van der Waals surface area contributed by atoms with Crippen LogP contribution in [0.3, 0.4) is 0 Å². The molecule has 4 nitrogen and oxygen atoms in total. The number of nitrogen functional groups attached to an aromatic ring is 2. The van der Waals surface area contributed by atoms with Crippen molar-refractivity contribution in [1.82, 2.24) is 4.98 Å². The lowest BCUT2D eigenvalue weighted by Gasteiger charge is -2.01. The molecule has 1 aromatic carbocycles. The van der Waals surface area contributed by atoms with Crippen LogP contribution in [0.25, 0.3) is 10.4 Å². The molecule has 72 valence electrons. The van der Waals surface area contributed by atoms with Crippen molar-refractivity contribution in [3.05, 3.63) is 24.4 Å². The first-order valence-electron chi connectivity index (χ1n) is 3.97. The van der Waals surface area contributed by atoms with Crippen molar-refractivity contribution in [2.45, 2.75) is 0 Å². The van der Waals surface area contributed by atoms with Gasteiger partial charge in [-0.15, -0.1) is 0 Å². The van der Waals surface area contributed by atoms with E-state index in [1.165, 1.54) is 17.4 Å². The Kier molecular flexibility index (Phi) is 2.01. The van der Waals surface area contributed by atoms with Gasteiger partial charge in [-0.2, -0.15) is 0 Å². The molecule has 0 atom stereocenters. The molecule has 0 saturated heterocycles. The maximum atomic E-state index is 9.61. The average molecular weight is 207 g/mol. The van der Waals surface area contributed by atoms with Crippen LogP contribution in [0.1, 0.15) is 0 Å². The van der Waals surface area contributed by atoms with Gasteiger partial charge < -0.3 is 16.6 Å². The second kappa shape index (κ2) is 3.19. The zero-order valence-corrected chi connectivity index (χ0v) is 8.08. The number of nitrogens with zero attached hydrogens (tertiary/aromatic N) is 1. The summed E-state index contributed by atoms with van der Waals surface area (Å²) in [6.45, 7) is 0. The molecule has 2 rings (SSSR count). The minimum absolute atomic E-state index is 0.147. The van der Waals surface area contributed by atoms with Gasteiger partial charge in [-0.05, 0) is 12.1 Å². The van der Waals surface area contributed by atoms with Gasteiger partial charge in [0.15, 0.2) is 5.13 Å². The number of hydrogen-bond acceptors (Lipinski definition) is 5. The number of thiazole rings is 1. The Morgan fingerprint density at radius 3 is 2.64 bits per heavy atom. The molecule has 5 heteroatoms. The Hall–Kier alpha value is -1.75. The second-order valence-corrected chi connectivity index (χ2v) is 3.90. The highest BCUT2D eigenvalue weighted by Gasteiger charge is 2.07. The van der Waals surface area contributed by atoms with Crippen LogP contribution in [0.2, 0.25) is 0 Å². The number of aromatic hydroxyl groups is 1. The third kappa shape index (κ3) is 1.49. The molecule has 0 aliphatic carbocycles. The van der Waals surface area contributed by atoms with Gasteiger partial charge >= 0.3 is 0 Å². The molecule has 14 heavy (non-hydrogen) atoms. The van der Waals surface area contributed by atoms with Crippen LogP contribution in [0.4, 0.5) is 10.8 Å². The van der Waals surface area contributed by atoms with E-state index in [0.717, 1.165) is 4.88 Å². The molecule has 0 aliphatic heterocycles. The molecule has 0 saturated carbocycles. The van der Waals surface area contributed by atoms with Crippen LogP contribution in [0.15, 0.2) is 24.4 Å². The van der Waals surface area contributed by atoms with Crippen molar-refractivity contribution in [3.8, 4) is 16.2 Å². The number of phenolic OH excluding ortho intramolecular Hbond substituents is 1. The summed E-state index contributed by atoms with van der Waals surface area (Å²) in [7, 11) is 0. The van der Waals surface area contributed by atoms with Gasteiger partial charge in [0.25, 0.3) is 0 Å². The molecule has 0 radical (unpaired) electrons. The molecule has 5 N–H and O–H groups in total. The van der Waals surface area contributed by atoms with Crippen LogP contribution in [0.5, 0.6) is 5.75 Å². The third-order valence-electron chi connectivity index (χ3n) is 1.81. The van der Waals surface area contributed by atoms with E-state index in [1.807, 2.05) is 0 Å². The van der Waals surface area contributed by atoms with Crippen molar-refractivity contribution in [1.29, 1.82) is 0 Å². The van der Waals surface area contributed by atoms with Crippen molar-refractivity contribution < 1.29 is 5.11 Å². The molecule has 2 aromatic rings. The highest BCUT2D eigenvalue weighted by molar-refractivity contribution is 7.18. The van der Waals surface area contributed by atoms with E-state index in [-0.39, 0.29) is 5.75 Å². The number of phenols is 1. The van der Waals surface area contributed by atoms with Crippen LogP contribution in [-0.2, 0) is 0 Å². The molecule has 0 unspecified atom stereocenters. The largest absolute Gasteiger partial charge is 0.507 e. The Labute approximate surface area is 84.8 Å². The molecule has 0 bridgehead atoms. The fourth-order valence-electron chi connectivity index (χ4n) is 1.17. The van der Waals surface area contributed by atoms with Gasteiger partial charge in [-0.1, -0.05) is 11.3 Å². The van der Waals surface area contributed by atoms with Gasteiger partial charge in [0, 0.05) is 23.5 Å². The van der Waals surface area contributed by atoms with E-state index >= 15 is 0 Å². The van der Waals surface area contributed by atoms with E-state index in [1.54, 1.807) is 18.3 Å². The summed E-state index contributed by atoms with van der Waals surface area (Å²) < 4.78 is 0. The SMILES string of the molecule is Nc1ccc(-c2cnc(N)s2)c(O)c1. The first-order valence-corrected chi connectivity index (χ1v) is 4.78. The van der Waals surface area contributed by atoms with Gasteiger partial charge in [-0.3, -0.25) is 0 Å². The minimum Gasteiger partial charge on any atom is -0.507 e. The smallest absolute Gasteiger partial charge is 0.180 e. The number of anilines is 2. The van der Waals surface area contributed by atoms with Crippen LogP contribution in [0, 0.1) is 0 Å². The van der Waals surface area contributed by atoms with Crippen molar-refractivity contribution in [3.63, 3.8) is 0 Å². The van der Waals surface area contributed by atoms with Gasteiger partial charge in [-0.25, -0.2) is 4.98 Å². The summed E-state index contributed by atoms with van der Waals surface area (Å²) in [6, 6.07) is 4.98. The molecular weight excluding hydrogens is 198 g/mol. The Morgan fingerprint density at radius 1 is 1.29 bits per heavy atom. The average Bonchev–Trinajstić information content (AvgIpc) is 2.51. The molecule has 0 aliphatic rings. The zero-order valence-electron chi connectivity index (χ0n) is 7.27. The molecule has 1 aromatic heterocycles. The lowest BCUT2D eigenvalue weighted by molar-refractivity contribution is 0.478. The summed E-state index contributed by atoms with van der Waals surface area (Å²) in [5, 5.41) is 10.1. The lowest BCUT2D eigenvalue weighted by Crippen LogP contribution is -1.84. The zero-order chi connectivity index (χ0) is 10.1. The van der Waals surface area contributed by atoms with E-state index in [2.05, 4.69) is 4.98 Å². The fraction of sp³-hybridized carbons (Fsp3) is 0. The van der Waals surface area contributed by atoms with E-state index < -0.39 is 0 Å². The highest BCUT2D eigenvalue weighted by atomic mass is 32.1. The molecule has 0 amide bonds. The molecular formula is C9H9N3OS. The van der Waals surface area contributed by atoms with Crippen LogP contribution >= 0.6 is 11.3 Å². The second-order valence-electron chi connectivity index (χ2n) is 2.84. The first-order chi connectivity index (χ1) is 6.66. The standard InChI is InChI=1S/C9H9N3OS/c10-5-1-2-6(7(13)3-5)8-4-12-9(11)14-8/h1-4,13H,10H2,(H2,11,12). The van der Waals surface area contributed by atoms with Gasteiger partial charge in [0.05, 0.1) is 4.88 Å². The Balaban J connectivity index is 2.52. The molecule has 0 fully saturated rings.